The minimum absolute atomic E-state index is 0.251. The Hall–Kier alpha value is -2.01. The lowest BCUT2D eigenvalue weighted by Crippen LogP contribution is -2.06. The molecule has 20 heavy (non-hydrogen) atoms. The maximum absolute atomic E-state index is 13.8. The van der Waals surface area contributed by atoms with Gasteiger partial charge in [-0.05, 0) is 24.6 Å². The first kappa shape index (κ1) is 14.4. The summed E-state index contributed by atoms with van der Waals surface area (Å²) in [6, 6.07) is 6.91. The Morgan fingerprint density at radius 1 is 1.10 bits per heavy atom. The Morgan fingerprint density at radius 3 is 2.60 bits per heavy atom. The summed E-state index contributed by atoms with van der Waals surface area (Å²) >= 11 is 0. The second-order valence-corrected chi connectivity index (χ2v) is 4.28. The smallest absolute Gasteiger partial charge is 0.213 e. The number of aromatic nitrogens is 1. The van der Waals surface area contributed by atoms with Crippen LogP contribution in [0.5, 0.6) is 5.88 Å². The first-order valence-electron chi connectivity index (χ1n) is 6.16. The lowest BCUT2D eigenvalue weighted by molar-refractivity contribution is 0.144. The molecule has 2 aromatic rings. The summed E-state index contributed by atoms with van der Waals surface area (Å²) in [5, 5.41) is 0. The summed E-state index contributed by atoms with van der Waals surface area (Å²) in [6.07, 6.45) is 0. The zero-order valence-electron chi connectivity index (χ0n) is 11.3. The van der Waals surface area contributed by atoms with Crippen LogP contribution in [0.2, 0.25) is 0 Å². The zero-order valence-corrected chi connectivity index (χ0v) is 11.3. The van der Waals surface area contributed by atoms with E-state index in [-0.39, 0.29) is 5.56 Å². The van der Waals surface area contributed by atoms with Crippen molar-refractivity contribution >= 4 is 0 Å². The van der Waals surface area contributed by atoms with Gasteiger partial charge in [0.1, 0.15) is 18.2 Å². The van der Waals surface area contributed by atoms with Crippen LogP contribution in [-0.2, 0) is 4.74 Å². The highest BCUT2D eigenvalue weighted by Gasteiger charge is 2.11. The molecule has 1 aromatic carbocycles. The largest absolute Gasteiger partial charge is 0.475 e. The molecule has 1 heterocycles. The van der Waals surface area contributed by atoms with Crippen LogP contribution >= 0.6 is 0 Å². The van der Waals surface area contributed by atoms with Gasteiger partial charge in [0.25, 0.3) is 0 Å². The summed E-state index contributed by atoms with van der Waals surface area (Å²) in [4.78, 5) is 4.26. The van der Waals surface area contributed by atoms with E-state index >= 15 is 0 Å². The topological polar surface area (TPSA) is 31.4 Å². The molecule has 0 aliphatic rings. The van der Waals surface area contributed by atoms with Gasteiger partial charge >= 0.3 is 0 Å². The van der Waals surface area contributed by atoms with E-state index < -0.39 is 11.6 Å². The number of ether oxygens (including phenoxy) is 2. The van der Waals surface area contributed by atoms with Crippen LogP contribution in [-0.4, -0.2) is 25.3 Å². The monoisotopic (exact) mass is 279 g/mol. The number of nitrogens with zero attached hydrogens (tertiary/aromatic N) is 1. The van der Waals surface area contributed by atoms with E-state index in [1.807, 2.05) is 6.92 Å². The molecule has 5 heteroatoms. The molecule has 0 unspecified atom stereocenters. The van der Waals surface area contributed by atoms with Gasteiger partial charge in [0.05, 0.1) is 12.3 Å². The molecule has 0 N–H and O–H groups in total. The third kappa shape index (κ3) is 3.30. The molecule has 0 saturated heterocycles. The van der Waals surface area contributed by atoms with E-state index in [2.05, 4.69) is 4.98 Å². The number of methoxy groups -OCH3 is 1. The van der Waals surface area contributed by atoms with Crippen LogP contribution in [0.3, 0.4) is 0 Å². The minimum atomic E-state index is -0.644. The van der Waals surface area contributed by atoms with Crippen molar-refractivity contribution in [2.24, 2.45) is 0 Å². The predicted molar refractivity (Wildman–Crippen MR) is 71.7 cm³/mol. The SMILES string of the molecule is COCCOc1ccc(C)c(-c2ccc(F)cc2F)n1. The fraction of sp³-hybridized carbons (Fsp3) is 0.267. The molecular weight excluding hydrogens is 264 g/mol. The molecule has 0 aliphatic heterocycles. The van der Waals surface area contributed by atoms with E-state index in [9.17, 15) is 8.78 Å². The standard InChI is InChI=1S/C15H15F2NO2/c1-10-3-6-14(20-8-7-19-2)18-15(10)12-5-4-11(16)9-13(12)17/h3-6,9H,7-8H2,1-2H3. The second-order valence-electron chi connectivity index (χ2n) is 4.28. The van der Waals surface area contributed by atoms with E-state index in [0.717, 1.165) is 11.6 Å². The molecule has 106 valence electrons. The fourth-order valence-corrected chi connectivity index (χ4v) is 1.77. The maximum atomic E-state index is 13.8. The van der Waals surface area contributed by atoms with Gasteiger partial charge < -0.3 is 9.47 Å². The number of aryl methyl sites for hydroxylation is 1. The first-order valence-corrected chi connectivity index (χ1v) is 6.16. The second kappa shape index (κ2) is 6.43. The molecule has 0 spiro atoms. The van der Waals surface area contributed by atoms with Crippen molar-refractivity contribution in [2.75, 3.05) is 20.3 Å². The molecule has 1 aromatic heterocycles. The molecule has 2 rings (SSSR count). The number of halogens is 2. The Balaban J connectivity index is 2.32. The quantitative estimate of drug-likeness (QED) is 0.786. The van der Waals surface area contributed by atoms with Crippen LogP contribution in [0.25, 0.3) is 11.3 Å². The maximum Gasteiger partial charge on any atom is 0.213 e. The number of pyridine rings is 1. The van der Waals surface area contributed by atoms with Crippen LogP contribution in [0.15, 0.2) is 30.3 Å². The van der Waals surface area contributed by atoms with Gasteiger partial charge in [-0.3, -0.25) is 0 Å². The van der Waals surface area contributed by atoms with E-state index in [1.165, 1.54) is 12.1 Å². The number of benzene rings is 1. The van der Waals surface area contributed by atoms with Gasteiger partial charge in [-0.1, -0.05) is 6.07 Å². The average Bonchev–Trinajstić information content (AvgIpc) is 2.41. The van der Waals surface area contributed by atoms with Crippen molar-refractivity contribution < 1.29 is 18.3 Å². The highest BCUT2D eigenvalue weighted by Crippen LogP contribution is 2.26. The van der Waals surface area contributed by atoms with Crippen LogP contribution in [0.4, 0.5) is 8.78 Å². The van der Waals surface area contributed by atoms with E-state index in [4.69, 9.17) is 9.47 Å². The number of hydrogen-bond acceptors (Lipinski definition) is 3. The normalized spacial score (nSPS) is 10.6. The minimum Gasteiger partial charge on any atom is -0.475 e. The van der Waals surface area contributed by atoms with Crippen molar-refractivity contribution in [3.05, 3.63) is 47.5 Å². The Morgan fingerprint density at radius 2 is 1.90 bits per heavy atom. The Kier molecular flexibility index (Phi) is 4.63. The van der Waals surface area contributed by atoms with Crippen molar-refractivity contribution in [1.29, 1.82) is 0 Å². The fourth-order valence-electron chi connectivity index (χ4n) is 1.77. The molecule has 0 bridgehead atoms. The summed E-state index contributed by atoms with van der Waals surface area (Å²) in [5.74, 6) is -0.877. The Bertz CT molecular complexity index is 602. The van der Waals surface area contributed by atoms with Gasteiger partial charge in [0, 0.05) is 24.8 Å². The lowest BCUT2D eigenvalue weighted by atomic mass is 10.1. The molecular formula is C15H15F2NO2. The van der Waals surface area contributed by atoms with Crippen molar-refractivity contribution in [1.82, 2.24) is 4.98 Å². The third-order valence-corrected chi connectivity index (χ3v) is 2.80. The van der Waals surface area contributed by atoms with Crippen LogP contribution in [0, 0.1) is 18.6 Å². The molecule has 0 atom stereocenters. The molecule has 3 nitrogen and oxygen atoms in total. The predicted octanol–water partition coefficient (Wildman–Crippen LogP) is 3.36. The van der Waals surface area contributed by atoms with E-state index in [1.54, 1.807) is 19.2 Å². The van der Waals surface area contributed by atoms with E-state index in [0.29, 0.717) is 24.8 Å². The number of rotatable bonds is 5. The molecule has 0 saturated carbocycles. The Labute approximate surface area is 116 Å². The molecule has 0 amide bonds. The summed E-state index contributed by atoms with van der Waals surface area (Å²) in [6.45, 7) is 2.61. The van der Waals surface area contributed by atoms with Gasteiger partial charge in [-0.15, -0.1) is 0 Å². The van der Waals surface area contributed by atoms with Crippen molar-refractivity contribution in [2.45, 2.75) is 6.92 Å². The van der Waals surface area contributed by atoms with Crippen LogP contribution < -0.4 is 4.74 Å². The van der Waals surface area contributed by atoms with Crippen molar-refractivity contribution in [3.63, 3.8) is 0 Å². The van der Waals surface area contributed by atoms with Gasteiger partial charge in [0.2, 0.25) is 5.88 Å². The molecule has 0 radical (unpaired) electrons. The third-order valence-electron chi connectivity index (χ3n) is 2.80. The van der Waals surface area contributed by atoms with Crippen molar-refractivity contribution in [3.8, 4) is 17.1 Å². The highest BCUT2D eigenvalue weighted by molar-refractivity contribution is 5.64. The highest BCUT2D eigenvalue weighted by atomic mass is 19.1. The summed E-state index contributed by atoms with van der Waals surface area (Å²) in [7, 11) is 1.57. The molecule has 0 fully saturated rings. The summed E-state index contributed by atoms with van der Waals surface area (Å²) < 4.78 is 37.0. The average molecular weight is 279 g/mol. The lowest BCUT2D eigenvalue weighted by Gasteiger charge is -2.10. The van der Waals surface area contributed by atoms with Gasteiger partial charge in [-0.25, -0.2) is 13.8 Å². The van der Waals surface area contributed by atoms with Gasteiger partial charge in [-0.2, -0.15) is 0 Å². The first-order chi connectivity index (χ1) is 9.61. The number of hydrogen-bond donors (Lipinski definition) is 0. The van der Waals surface area contributed by atoms with Crippen LogP contribution in [0.1, 0.15) is 5.56 Å². The molecule has 0 aliphatic carbocycles. The van der Waals surface area contributed by atoms with Gasteiger partial charge in [0.15, 0.2) is 0 Å². The zero-order chi connectivity index (χ0) is 14.5. The summed E-state index contributed by atoms with van der Waals surface area (Å²) in [5.41, 5.74) is 1.48.